The van der Waals surface area contributed by atoms with Crippen molar-refractivity contribution in [1.29, 1.82) is 0 Å². The smallest absolute Gasteiger partial charge is 0.115 e. The monoisotopic (exact) mass is 203 g/mol. The lowest BCUT2D eigenvalue weighted by Gasteiger charge is -1.83. The van der Waals surface area contributed by atoms with Gasteiger partial charge in [0.15, 0.2) is 0 Å². The lowest BCUT2D eigenvalue weighted by Crippen LogP contribution is -1.79. The summed E-state index contributed by atoms with van der Waals surface area (Å²) < 4.78 is 0. The summed E-state index contributed by atoms with van der Waals surface area (Å²) in [6, 6.07) is 11.3. The van der Waals surface area contributed by atoms with E-state index in [0.29, 0.717) is 0 Å². The van der Waals surface area contributed by atoms with Crippen LogP contribution in [0.3, 0.4) is 0 Å². The second-order valence-corrected chi connectivity index (χ2v) is 2.31. The van der Waals surface area contributed by atoms with E-state index in [-0.39, 0.29) is 0 Å². The summed E-state index contributed by atoms with van der Waals surface area (Å²) in [5.74, 6) is 0. The Morgan fingerprint density at radius 1 is 0.867 bits per heavy atom. The van der Waals surface area contributed by atoms with Gasteiger partial charge in [0, 0.05) is 18.1 Å². The van der Waals surface area contributed by atoms with Crippen LogP contribution in [0, 0.1) is 0 Å². The fraction of sp³-hybridized carbons (Fsp3) is 0.167. The molecule has 0 saturated carbocycles. The molecule has 0 atom stereocenters. The second-order valence-electron chi connectivity index (χ2n) is 2.31. The number of nitrogen functional groups attached to an aromatic ring is 1. The highest BCUT2D eigenvalue weighted by atomic mass is 14.8. The second kappa shape index (κ2) is 10.2. The molecule has 0 saturated heterocycles. The topological polar surface area (TPSA) is 51.8 Å². The van der Waals surface area contributed by atoms with Crippen LogP contribution < -0.4 is 5.73 Å². The van der Waals surface area contributed by atoms with E-state index < -0.39 is 0 Å². The van der Waals surface area contributed by atoms with Gasteiger partial charge in [-0.25, -0.2) is 9.97 Å². The molecule has 1 aromatic heterocycles. The van der Waals surface area contributed by atoms with Gasteiger partial charge >= 0.3 is 0 Å². The van der Waals surface area contributed by atoms with Crippen LogP contribution in [0.2, 0.25) is 0 Å². The molecule has 0 bridgehead atoms. The minimum absolute atomic E-state index is 0.822. The van der Waals surface area contributed by atoms with Crippen LogP contribution in [0.1, 0.15) is 13.8 Å². The fourth-order valence-electron chi connectivity index (χ4n) is 0.706. The molecule has 0 amide bonds. The third-order valence-electron chi connectivity index (χ3n) is 1.28. The van der Waals surface area contributed by atoms with Crippen LogP contribution in [-0.2, 0) is 0 Å². The number of hydrogen-bond donors (Lipinski definition) is 1. The van der Waals surface area contributed by atoms with Crippen LogP contribution in [0.15, 0.2) is 55.1 Å². The number of anilines is 1. The lowest BCUT2D eigenvalue weighted by atomic mass is 10.3. The largest absolute Gasteiger partial charge is 0.399 e. The number of nitrogens with two attached hydrogens (primary N) is 1. The first-order chi connectivity index (χ1) is 7.39. The molecule has 0 aliphatic rings. The van der Waals surface area contributed by atoms with Gasteiger partial charge in [-0.2, -0.15) is 0 Å². The third-order valence-corrected chi connectivity index (χ3v) is 1.28. The molecule has 0 fully saturated rings. The SMILES string of the molecule is CC.Nc1ccccc1.c1cncnc1. The number of rotatable bonds is 0. The number of hydrogen-bond acceptors (Lipinski definition) is 3. The van der Waals surface area contributed by atoms with Gasteiger partial charge in [0.05, 0.1) is 0 Å². The van der Waals surface area contributed by atoms with Gasteiger partial charge in [0.25, 0.3) is 0 Å². The van der Waals surface area contributed by atoms with Crippen LogP contribution in [0.25, 0.3) is 0 Å². The molecule has 0 aliphatic heterocycles. The first kappa shape index (κ1) is 13.1. The van der Waals surface area contributed by atoms with E-state index in [0.717, 1.165) is 5.69 Å². The molecule has 2 rings (SSSR count). The molecule has 15 heavy (non-hydrogen) atoms. The summed E-state index contributed by atoms with van der Waals surface area (Å²) in [7, 11) is 0. The zero-order valence-electron chi connectivity index (χ0n) is 9.17. The van der Waals surface area contributed by atoms with Crippen molar-refractivity contribution in [1.82, 2.24) is 9.97 Å². The van der Waals surface area contributed by atoms with Gasteiger partial charge in [-0.3, -0.25) is 0 Å². The summed E-state index contributed by atoms with van der Waals surface area (Å²) in [4.78, 5) is 7.35. The predicted octanol–water partition coefficient (Wildman–Crippen LogP) is 2.77. The van der Waals surface area contributed by atoms with E-state index in [1.54, 1.807) is 18.5 Å². The van der Waals surface area contributed by atoms with Crippen molar-refractivity contribution in [3.05, 3.63) is 55.1 Å². The first-order valence-electron chi connectivity index (χ1n) is 4.90. The maximum absolute atomic E-state index is 5.36. The van der Waals surface area contributed by atoms with Crippen molar-refractivity contribution in [3.63, 3.8) is 0 Å². The Hall–Kier alpha value is -1.90. The van der Waals surface area contributed by atoms with Crippen LogP contribution in [0.5, 0.6) is 0 Å². The Bertz CT molecular complexity index is 281. The lowest BCUT2D eigenvalue weighted by molar-refractivity contribution is 1.17. The summed E-state index contributed by atoms with van der Waals surface area (Å²) >= 11 is 0. The van der Waals surface area contributed by atoms with Gasteiger partial charge in [-0.15, -0.1) is 0 Å². The highest BCUT2D eigenvalue weighted by Gasteiger charge is 1.72. The Kier molecular flexibility index (Phi) is 8.89. The summed E-state index contributed by atoms with van der Waals surface area (Å²) in [5.41, 5.74) is 6.18. The molecule has 0 radical (unpaired) electrons. The van der Waals surface area contributed by atoms with Crippen LogP contribution in [0.4, 0.5) is 5.69 Å². The number of benzene rings is 1. The summed E-state index contributed by atoms with van der Waals surface area (Å²) in [6.45, 7) is 4.00. The first-order valence-corrected chi connectivity index (χ1v) is 4.90. The van der Waals surface area contributed by atoms with E-state index >= 15 is 0 Å². The molecule has 1 aromatic carbocycles. The molecule has 0 aliphatic carbocycles. The zero-order chi connectivity index (χ0) is 11.4. The van der Waals surface area contributed by atoms with Crippen molar-refractivity contribution in [2.75, 3.05) is 5.73 Å². The van der Waals surface area contributed by atoms with Gasteiger partial charge in [-0.05, 0) is 18.2 Å². The minimum atomic E-state index is 0.822. The van der Waals surface area contributed by atoms with E-state index in [2.05, 4.69) is 9.97 Å². The Morgan fingerprint density at radius 3 is 1.60 bits per heavy atom. The number of aromatic nitrogens is 2. The van der Waals surface area contributed by atoms with Gasteiger partial charge in [-0.1, -0.05) is 32.0 Å². The van der Waals surface area contributed by atoms with Gasteiger partial charge in [0.1, 0.15) is 6.33 Å². The number of nitrogens with zero attached hydrogens (tertiary/aromatic N) is 2. The molecule has 0 spiro atoms. The molecule has 3 heteroatoms. The average Bonchev–Trinajstić information content (AvgIpc) is 2.36. The molecular weight excluding hydrogens is 186 g/mol. The third kappa shape index (κ3) is 8.43. The van der Waals surface area contributed by atoms with E-state index in [1.165, 1.54) is 6.33 Å². The van der Waals surface area contributed by atoms with E-state index in [9.17, 15) is 0 Å². The van der Waals surface area contributed by atoms with Crippen molar-refractivity contribution < 1.29 is 0 Å². The molecular formula is C12H17N3. The van der Waals surface area contributed by atoms with Gasteiger partial charge in [0.2, 0.25) is 0 Å². The zero-order valence-corrected chi connectivity index (χ0v) is 9.17. The van der Waals surface area contributed by atoms with E-state index in [4.69, 9.17) is 5.73 Å². The molecule has 2 N–H and O–H groups in total. The molecule has 2 aromatic rings. The maximum atomic E-state index is 5.36. The van der Waals surface area contributed by atoms with E-state index in [1.807, 2.05) is 44.2 Å². The minimum Gasteiger partial charge on any atom is -0.399 e. The summed E-state index contributed by atoms with van der Waals surface area (Å²) in [6.07, 6.45) is 4.88. The number of para-hydroxylation sites is 1. The Morgan fingerprint density at radius 2 is 1.40 bits per heavy atom. The fourth-order valence-corrected chi connectivity index (χ4v) is 0.706. The quantitative estimate of drug-likeness (QED) is 0.670. The standard InChI is InChI=1S/C6H7N.C4H4N2.C2H6/c7-6-4-2-1-3-5-6;1-2-5-4-6-3-1;1-2/h1-5H,7H2;1-4H;1-2H3. The molecule has 80 valence electrons. The van der Waals surface area contributed by atoms with Crippen molar-refractivity contribution in [2.24, 2.45) is 0 Å². The highest BCUT2D eigenvalue weighted by Crippen LogP contribution is 1.95. The molecule has 0 unspecified atom stereocenters. The normalized spacial score (nSPS) is 7.60. The summed E-state index contributed by atoms with van der Waals surface area (Å²) in [5, 5.41) is 0. The Balaban J connectivity index is 0.000000227. The van der Waals surface area contributed by atoms with Crippen LogP contribution in [-0.4, -0.2) is 9.97 Å². The van der Waals surface area contributed by atoms with Gasteiger partial charge < -0.3 is 5.73 Å². The van der Waals surface area contributed by atoms with Crippen LogP contribution >= 0.6 is 0 Å². The maximum Gasteiger partial charge on any atom is 0.115 e. The molecule has 3 nitrogen and oxygen atoms in total. The Labute approximate surface area is 91.0 Å². The van der Waals surface area contributed by atoms with Crippen molar-refractivity contribution in [2.45, 2.75) is 13.8 Å². The van der Waals surface area contributed by atoms with Crippen molar-refractivity contribution >= 4 is 5.69 Å². The predicted molar refractivity (Wildman–Crippen MR) is 64.2 cm³/mol. The van der Waals surface area contributed by atoms with Crippen molar-refractivity contribution in [3.8, 4) is 0 Å². The molecule has 1 heterocycles. The highest BCUT2D eigenvalue weighted by molar-refractivity contribution is 5.35. The average molecular weight is 203 g/mol.